The molecule has 6 nitrogen and oxygen atoms in total. The van der Waals surface area contributed by atoms with Crippen molar-refractivity contribution in [2.24, 2.45) is 5.92 Å². The molecule has 2 N–H and O–H groups in total. The Kier molecular flexibility index (Phi) is 7.59. The first-order valence-electron chi connectivity index (χ1n) is 9.56. The number of rotatable bonds is 8. The van der Waals surface area contributed by atoms with Crippen molar-refractivity contribution in [3.63, 3.8) is 0 Å². The first kappa shape index (κ1) is 22.8. The maximum Gasteiger partial charge on any atom is 0.418 e. The zero-order valence-electron chi connectivity index (χ0n) is 16.5. The van der Waals surface area contributed by atoms with Gasteiger partial charge in [0.15, 0.2) is 4.34 Å². The van der Waals surface area contributed by atoms with Crippen LogP contribution in [-0.2, 0) is 15.7 Å². The molecule has 1 aromatic carbocycles. The zero-order chi connectivity index (χ0) is 21.7. The lowest BCUT2D eigenvalue weighted by molar-refractivity contribution is -0.137. The third-order valence-corrected chi connectivity index (χ3v) is 7.00. The van der Waals surface area contributed by atoms with E-state index in [4.69, 9.17) is 4.74 Å². The Morgan fingerprint density at radius 2 is 2.10 bits per heavy atom. The summed E-state index contributed by atoms with van der Waals surface area (Å²) in [7, 11) is 0. The van der Waals surface area contributed by atoms with Crippen molar-refractivity contribution in [3.8, 4) is 0 Å². The van der Waals surface area contributed by atoms with Crippen LogP contribution in [0.4, 0.5) is 24.0 Å². The van der Waals surface area contributed by atoms with Gasteiger partial charge < -0.3 is 15.4 Å². The van der Waals surface area contributed by atoms with Crippen molar-refractivity contribution >= 4 is 39.8 Å². The van der Waals surface area contributed by atoms with E-state index in [1.807, 2.05) is 13.8 Å². The number of halogens is 3. The highest BCUT2D eigenvalue weighted by molar-refractivity contribution is 8.02. The van der Waals surface area contributed by atoms with Crippen LogP contribution >= 0.6 is 23.1 Å². The van der Waals surface area contributed by atoms with E-state index in [0.717, 1.165) is 25.5 Å². The number of anilines is 2. The molecule has 0 saturated carbocycles. The Morgan fingerprint density at radius 3 is 2.77 bits per heavy atom. The highest BCUT2D eigenvalue weighted by Crippen LogP contribution is 2.36. The molecule has 1 saturated heterocycles. The summed E-state index contributed by atoms with van der Waals surface area (Å²) >= 11 is 2.50. The molecule has 11 heteroatoms. The van der Waals surface area contributed by atoms with E-state index in [9.17, 15) is 18.0 Å². The van der Waals surface area contributed by atoms with Gasteiger partial charge in [0, 0.05) is 13.2 Å². The lowest BCUT2D eigenvalue weighted by Gasteiger charge is -2.20. The minimum absolute atomic E-state index is 0.125. The molecule has 2 atom stereocenters. The summed E-state index contributed by atoms with van der Waals surface area (Å²) < 4.78 is 45.7. The van der Waals surface area contributed by atoms with Gasteiger partial charge >= 0.3 is 6.18 Å². The molecule has 2 aromatic rings. The first-order chi connectivity index (χ1) is 14.2. The predicted octanol–water partition coefficient (Wildman–Crippen LogP) is 4.90. The van der Waals surface area contributed by atoms with Gasteiger partial charge in [0.25, 0.3) is 0 Å². The number of amides is 1. The number of nitrogens with zero attached hydrogens (tertiary/aromatic N) is 2. The van der Waals surface area contributed by atoms with Crippen molar-refractivity contribution in [3.05, 3.63) is 29.8 Å². The van der Waals surface area contributed by atoms with Crippen LogP contribution in [-0.4, -0.2) is 40.6 Å². The Morgan fingerprint density at radius 1 is 1.33 bits per heavy atom. The average Bonchev–Trinajstić information content (AvgIpc) is 3.35. The summed E-state index contributed by atoms with van der Waals surface area (Å²) in [6, 6.07) is 4.95. The molecule has 0 radical (unpaired) electrons. The standard InChI is InChI=1S/C19H23F3N4O2S2/c1-11(2)15(16(27)24-14-8-4-3-7-13(14)19(20,21)22)29-18-26-25-17(30-18)23-10-12-6-5-9-28-12/h3-4,7-8,11-12,15H,5-6,9-10H2,1-2H3,(H,23,25)(H,24,27). The minimum Gasteiger partial charge on any atom is -0.376 e. The maximum atomic E-state index is 13.2. The second kappa shape index (κ2) is 9.97. The summed E-state index contributed by atoms with van der Waals surface area (Å²) in [4.78, 5) is 12.8. The van der Waals surface area contributed by atoms with E-state index in [-0.39, 0.29) is 17.7 Å². The Balaban J connectivity index is 1.64. The molecule has 164 valence electrons. The average molecular weight is 461 g/mol. The van der Waals surface area contributed by atoms with Gasteiger partial charge in [-0.05, 0) is 30.9 Å². The van der Waals surface area contributed by atoms with Gasteiger partial charge in [0.2, 0.25) is 11.0 Å². The summed E-state index contributed by atoms with van der Waals surface area (Å²) in [5.74, 6) is -0.629. The third kappa shape index (κ3) is 6.08. The molecule has 2 heterocycles. The van der Waals surface area contributed by atoms with Gasteiger partial charge in [-0.1, -0.05) is 49.1 Å². The zero-order valence-corrected chi connectivity index (χ0v) is 18.2. The van der Waals surface area contributed by atoms with Crippen molar-refractivity contribution in [1.82, 2.24) is 10.2 Å². The van der Waals surface area contributed by atoms with Crippen molar-refractivity contribution in [1.29, 1.82) is 0 Å². The summed E-state index contributed by atoms with van der Waals surface area (Å²) in [5.41, 5.74) is -1.13. The molecule has 1 amide bonds. The number of hydrogen-bond acceptors (Lipinski definition) is 7. The van der Waals surface area contributed by atoms with E-state index in [1.54, 1.807) is 0 Å². The number of ether oxygens (including phenoxy) is 1. The van der Waals surface area contributed by atoms with Crippen LogP contribution in [0.15, 0.2) is 28.6 Å². The molecule has 0 aliphatic carbocycles. The predicted molar refractivity (Wildman–Crippen MR) is 112 cm³/mol. The molecule has 0 bridgehead atoms. The van der Waals surface area contributed by atoms with E-state index in [1.165, 1.54) is 41.3 Å². The Bertz CT molecular complexity index is 854. The number of carbonyl (C=O) groups excluding carboxylic acids is 1. The summed E-state index contributed by atoms with van der Waals surface area (Å²) in [6.45, 7) is 5.09. The lowest BCUT2D eigenvalue weighted by Crippen LogP contribution is -2.30. The summed E-state index contributed by atoms with van der Waals surface area (Å²) in [6.07, 6.45) is -2.34. The molecular formula is C19H23F3N4O2S2. The van der Waals surface area contributed by atoms with E-state index in [2.05, 4.69) is 20.8 Å². The maximum absolute atomic E-state index is 13.2. The van der Waals surface area contributed by atoms with Crippen molar-refractivity contribution < 1.29 is 22.7 Å². The number of hydrogen-bond donors (Lipinski definition) is 2. The third-order valence-electron chi connectivity index (χ3n) is 4.49. The normalized spacial score (nSPS) is 17.9. The molecule has 1 aromatic heterocycles. The number of carbonyl (C=O) groups is 1. The van der Waals surface area contributed by atoms with Crippen LogP contribution in [0.2, 0.25) is 0 Å². The van der Waals surface area contributed by atoms with Crippen molar-refractivity contribution in [2.45, 2.75) is 48.6 Å². The van der Waals surface area contributed by atoms with E-state index in [0.29, 0.717) is 16.0 Å². The molecule has 0 spiro atoms. The smallest absolute Gasteiger partial charge is 0.376 e. The number of benzene rings is 1. The van der Waals surface area contributed by atoms with Crippen LogP contribution in [0.3, 0.4) is 0 Å². The quantitative estimate of drug-likeness (QED) is 0.546. The molecular weight excluding hydrogens is 437 g/mol. The number of para-hydroxylation sites is 1. The fraction of sp³-hybridized carbons (Fsp3) is 0.526. The monoisotopic (exact) mass is 460 g/mol. The molecule has 1 aliphatic heterocycles. The van der Waals surface area contributed by atoms with Gasteiger partial charge in [-0.3, -0.25) is 4.79 Å². The van der Waals surface area contributed by atoms with Gasteiger partial charge in [-0.25, -0.2) is 0 Å². The SMILES string of the molecule is CC(C)C(Sc1nnc(NCC2CCCO2)s1)C(=O)Nc1ccccc1C(F)(F)F. The number of alkyl halides is 3. The molecule has 30 heavy (non-hydrogen) atoms. The minimum atomic E-state index is -4.55. The number of thioether (sulfide) groups is 1. The highest BCUT2D eigenvalue weighted by atomic mass is 32.2. The lowest BCUT2D eigenvalue weighted by atomic mass is 10.1. The topological polar surface area (TPSA) is 76.1 Å². The van der Waals surface area contributed by atoms with E-state index >= 15 is 0 Å². The molecule has 3 rings (SSSR count). The van der Waals surface area contributed by atoms with Gasteiger partial charge in [-0.2, -0.15) is 13.2 Å². The number of nitrogens with one attached hydrogen (secondary N) is 2. The van der Waals surface area contributed by atoms with Crippen LogP contribution in [0.25, 0.3) is 0 Å². The van der Waals surface area contributed by atoms with E-state index < -0.39 is 22.9 Å². The molecule has 1 fully saturated rings. The first-order valence-corrected chi connectivity index (χ1v) is 11.3. The number of aromatic nitrogens is 2. The fourth-order valence-electron chi connectivity index (χ4n) is 2.98. The van der Waals surface area contributed by atoms with Crippen LogP contribution in [0, 0.1) is 5.92 Å². The second-order valence-electron chi connectivity index (χ2n) is 7.20. The Hall–Kier alpha value is -1.85. The fourth-order valence-corrected chi connectivity index (χ4v) is 4.95. The molecule has 1 aliphatic rings. The second-order valence-corrected chi connectivity index (χ2v) is 9.57. The van der Waals surface area contributed by atoms with Crippen LogP contribution < -0.4 is 10.6 Å². The highest BCUT2D eigenvalue weighted by Gasteiger charge is 2.34. The van der Waals surface area contributed by atoms with Gasteiger partial charge in [0.1, 0.15) is 0 Å². The van der Waals surface area contributed by atoms with Gasteiger partial charge in [0.05, 0.1) is 22.6 Å². The van der Waals surface area contributed by atoms with Gasteiger partial charge in [-0.15, -0.1) is 10.2 Å². The summed E-state index contributed by atoms with van der Waals surface area (Å²) in [5, 5.41) is 13.8. The van der Waals surface area contributed by atoms with Crippen LogP contribution in [0.1, 0.15) is 32.3 Å². The Labute approximate surface area is 181 Å². The molecule has 2 unspecified atom stereocenters. The largest absolute Gasteiger partial charge is 0.418 e. The van der Waals surface area contributed by atoms with Crippen LogP contribution in [0.5, 0.6) is 0 Å². The van der Waals surface area contributed by atoms with Crippen molar-refractivity contribution in [2.75, 3.05) is 23.8 Å².